The van der Waals surface area contributed by atoms with Crippen molar-refractivity contribution in [2.24, 2.45) is 0 Å². The predicted molar refractivity (Wildman–Crippen MR) is 218 cm³/mol. The van der Waals surface area contributed by atoms with Gasteiger partial charge >= 0.3 is 35.9 Å². The fourth-order valence-corrected chi connectivity index (χ4v) is 7.07. The Balaban J connectivity index is 0. The van der Waals surface area contributed by atoms with Crippen molar-refractivity contribution in [3.63, 3.8) is 0 Å². The van der Waals surface area contributed by atoms with Crippen LogP contribution >= 0.6 is 0 Å². The Bertz CT molecular complexity index is 1450. The first kappa shape index (κ1) is 55.2. The van der Waals surface area contributed by atoms with Crippen LogP contribution in [0.25, 0.3) is 4.98 Å². The molecule has 0 saturated carbocycles. The van der Waals surface area contributed by atoms with Gasteiger partial charge in [-0.2, -0.15) is 0 Å². The number of aryl methyl sites for hydroxylation is 1. The SMILES string of the molecule is C1CCOC1.CCOCC.CC[O-].Cc1cc(C(c2ccccc2)c2ccccc2)c([N-][Si](C)(C)C)c(C(c2ccccc2)c2ccccc2)c1.[Br-].[Br-].[Li+].[Mn+3]. The summed E-state index contributed by atoms with van der Waals surface area (Å²) in [4.78, 5) is 5.62. The number of hydrogen-bond acceptors (Lipinski definition) is 3. The molecule has 0 aliphatic carbocycles. The number of benzene rings is 5. The van der Waals surface area contributed by atoms with Crippen molar-refractivity contribution >= 4 is 13.9 Å². The van der Waals surface area contributed by atoms with Gasteiger partial charge in [0, 0.05) is 38.3 Å². The average molecular weight is 924 g/mol. The third-order valence-corrected chi connectivity index (χ3v) is 9.04. The molecule has 0 unspecified atom stereocenters. The zero-order chi connectivity index (χ0) is 36.9. The van der Waals surface area contributed by atoms with E-state index in [1.807, 2.05) is 13.8 Å². The molecule has 0 spiro atoms. The van der Waals surface area contributed by atoms with Crippen LogP contribution < -0.4 is 57.9 Å². The molecule has 5 aromatic carbocycles. The van der Waals surface area contributed by atoms with Gasteiger partial charge in [0.1, 0.15) is 0 Å². The van der Waals surface area contributed by atoms with Gasteiger partial charge in [-0.15, -0.1) is 12.3 Å². The zero-order valence-corrected chi connectivity index (χ0v) is 39.5. The Hall–Kier alpha value is -1.93. The van der Waals surface area contributed by atoms with Crippen LogP contribution in [0, 0.1) is 6.92 Å². The Morgan fingerprint density at radius 1 is 0.618 bits per heavy atom. The Morgan fingerprint density at radius 2 is 0.909 bits per heavy atom. The molecule has 0 bridgehead atoms. The zero-order valence-electron chi connectivity index (χ0n) is 34.1. The van der Waals surface area contributed by atoms with Gasteiger partial charge in [-0.1, -0.05) is 177 Å². The molecule has 9 heteroatoms. The Labute approximate surface area is 377 Å². The Kier molecular flexibility index (Phi) is 31.2. The van der Waals surface area contributed by atoms with E-state index in [4.69, 9.17) is 19.6 Å². The first-order valence-electron chi connectivity index (χ1n) is 18.5. The van der Waals surface area contributed by atoms with Gasteiger partial charge < -0.3 is 53.5 Å². The summed E-state index contributed by atoms with van der Waals surface area (Å²) in [5.41, 5.74) is 10.2. The summed E-state index contributed by atoms with van der Waals surface area (Å²) in [5.74, 6) is 0.191. The van der Waals surface area contributed by atoms with Gasteiger partial charge in [0.05, 0.1) is 0 Å². The molecule has 5 aromatic rings. The van der Waals surface area contributed by atoms with Gasteiger partial charge in [0.25, 0.3) is 0 Å². The molecule has 0 N–H and O–H groups in total. The van der Waals surface area contributed by atoms with Crippen molar-refractivity contribution < 1.29 is 84.5 Å². The third kappa shape index (κ3) is 19.4. The van der Waals surface area contributed by atoms with Crippen LogP contribution in [-0.4, -0.2) is 41.3 Å². The van der Waals surface area contributed by atoms with Crippen LogP contribution in [0.3, 0.4) is 0 Å². The van der Waals surface area contributed by atoms with Crippen LogP contribution in [0.4, 0.5) is 5.69 Å². The van der Waals surface area contributed by atoms with E-state index in [1.165, 1.54) is 51.8 Å². The maximum atomic E-state index is 8.93. The minimum Gasteiger partial charge on any atom is -1.00 e. The van der Waals surface area contributed by atoms with Gasteiger partial charge in [-0.3, -0.25) is 0 Å². The van der Waals surface area contributed by atoms with Crippen LogP contribution in [0.1, 0.15) is 84.4 Å². The normalized spacial score (nSPS) is 11.3. The van der Waals surface area contributed by atoms with E-state index in [9.17, 15) is 0 Å². The molecule has 0 atom stereocenters. The van der Waals surface area contributed by atoms with Gasteiger partial charge in [0.2, 0.25) is 0 Å². The maximum Gasteiger partial charge on any atom is 3.00 e. The van der Waals surface area contributed by atoms with E-state index in [-0.39, 0.29) is 88.3 Å². The topological polar surface area (TPSA) is 55.6 Å². The van der Waals surface area contributed by atoms with Crippen LogP contribution in [0.15, 0.2) is 133 Å². The van der Waals surface area contributed by atoms with E-state index in [2.05, 4.69) is 160 Å². The fraction of sp³-hybridized carbons (Fsp3) is 0.348. The summed E-state index contributed by atoms with van der Waals surface area (Å²) in [6.07, 6.45) is 2.56. The van der Waals surface area contributed by atoms with Crippen molar-refractivity contribution in [2.75, 3.05) is 33.0 Å². The maximum absolute atomic E-state index is 8.93. The van der Waals surface area contributed by atoms with Crippen molar-refractivity contribution in [2.45, 2.75) is 72.0 Å². The van der Waals surface area contributed by atoms with E-state index in [0.717, 1.165) is 32.1 Å². The summed E-state index contributed by atoms with van der Waals surface area (Å²) in [7, 11) is -1.85. The molecule has 1 aliphatic heterocycles. The quantitative estimate of drug-likeness (QED) is 0.160. The largest absolute Gasteiger partial charge is 3.00 e. The number of halogens is 2. The molecule has 4 nitrogen and oxygen atoms in total. The van der Waals surface area contributed by atoms with Crippen molar-refractivity contribution in [3.05, 3.63) is 177 Å². The molecule has 1 fully saturated rings. The summed E-state index contributed by atoms with van der Waals surface area (Å²) >= 11 is 0. The fourth-order valence-electron chi connectivity index (χ4n) is 6.14. The molecule has 1 aliphatic rings. The number of hydrogen-bond donors (Lipinski definition) is 0. The third-order valence-electron chi connectivity index (χ3n) is 8.15. The molecule has 0 radical (unpaired) electrons. The molecule has 292 valence electrons. The average Bonchev–Trinajstić information content (AvgIpc) is 3.73. The van der Waals surface area contributed by atoms with Crippen LogP contribution in [0.5, 0.6) is 0 Å². The summed E-state index contributed by atoms with van der Waals surface area (Å²) in [6, 6.07) is 48.4. The van der Waals surface area contributed by atoms with Gasteiger partial charge in [0.15, 0.2) is 0 Å². The van der Waals surface area contributed by atoms with Crippen LogP contribution in [0.2, 0.25) is 19.6 Å². The molecule has 1 heterocycles. The standard InChI is InChI=1S/C36H36NSi.C4H8O.C4H10O.C2H5O.2BrH.Li.Mn/c1-27-25-32(34(28-17-9-5-10-18-28)29-19-11-6-12-20-29)36(37-38(2,3)4)33(26-27)35(30-21-13-7-14-22-30)31-23-15-8-16-24-31;1-2-4-5-3-1;1-3-5-4-2;1-2-3;;;;/h5-26,34-35H,1-4H3;1-4H2;3-4H2,1-2H3;2H2,1H3;2*1H;;/q-1;;;-1;;;+1;+3/p-2. The first-order valence-corrected chi connectivity index (χ1v) is 22.0. The first-order chi connectivity index (χ1) is 24.7. The second kappa shape index (κ2) is 31.1. The second-order valence-electron chi connectivity index (χ2n) is 13.5. The minimum absolute atomic E-state index is 0. The molecular weight excluding hydrogens is 864 g/mol. The molecule has 6 rings (SSSR count). The molecule has 55 heavy (non-hydrogen) atoms. The van der Waals surface area contributed by atoms with E-state index in [0.29, 0.717) is 0 Å². The molecule has 1 saturated heterocycles. The second-order valence-corrected chi connectivity index (χ2v) is 18.0. The summed E-state index contributed by atoms with van der Waals surface area (Å²) in [5, 5.41) is 8.93. The van der Waals surface area contributed by atoms with Gasteiger partial charge in [-0.25, -0.2) is 0 Å². The molecule has 0 aromatic heterocycles. The van der Waals surface area contributed by atoms with Crippen molar-refractivity contribution in [1.29, 1.82) is 0 Å². The van der Waals surface area contributed by atoms with Gasteiger partial charge in [-0.05, 0) is 64.1 Å². The van der Waals surface area contributed by atoms with E-state index < -0.39 is 8.24 Å². The molecular formula is C46H59Br2LiMnNO3Si. The number of nitrogens with zero attached hydrogens (tertiary/aromatic N) is 1. The van der Waals surface area contributed by atoms with E-state index >= 15 is 0 Å². The predicted octanol–water partition coefficient (Wildman–Crippen LogP) is 2.41. The number of ether oxygens (including phenoxy) is 2. The monoisotopic (exact) mass is 921 g/mol. The van der Waals surface area contributed by atoms with Crippen LogP contribution in [-0.2, 0) is 26.5 Å². The van der Waals surface area contributed by atoms with Crippen molar-refractivity contribution in [3.8, 4) is 0 Å². The van der Waals surface area contributed by atoms with Crippen molar-refractivity contribution in [1.82, 2.24) is 0 Å². The number of rotatable bonds is 10. The minimum atomic E-state index is -1.85. The van der Waals surface area contributed by atoms with E-state index in [1.54, 1.807) is 6.92 Å². The molecule has 0 amide bonds. The summed E-state index contributed by atoms with van der Waals surface area (Å²) < 4.78 is 9.78. The summed E-state index contributed by atoms with van der Waals surface area (Å²) in [6.45, 7) is 18.5. The smallest absolute Gasteiger partial charge is 1.00 e. The Morgan fingerprint density at radius 3 is 1.11 bits per heavy atom.